The van der Waals surface area contributed by atoms with Crippen molar-refractivity contribution in [3.8, 4) is 0 Å². The minimum atomic E-state index is -0.0694. The minimum Gasteiger partial charge on any atom is -0.466 e. The molecule has 0 fully saturated rings. The van der Waals surface area contributed by atoms with E-state index in [0.29, 0.717) is 18.9 Å². The normalized spacial score (nSPS) is 18.0. The van der Waals surface area contributed by atoms with E-state index in [1.165, 1.54) is 20.5 Å². The third-order valence-electron chi connectivity index (χ3n) is 3.89. The summed E-state index contributed by atoms with van der Waals surface area (Å²) in [7, 11) is 0. The fourth-order valence-electron chi connectivity index (χ4n) is 2.97. The number of fused-ring (bicyclic) bond motifs is 3. The van der Waals surface area contributed by atoms with Crippen molar-refractivity contribution in [1.82, 2.24) is 0 Å². The van der Waals surface area contributed by atoms with Crippen LogP contribution in [0.1, 0.15) is 30.2 Å². The summed E-state index contributed by atoms with van der Waals surface area (Å²) < 4.78 is 6.24. The van der Waals surface area contributed by atoms with Crippen LogP contribution in [0.25, 0.3) is 10.1 Å². The molecule has 0 N–H and O–H groups in total. The van der Waals surface area contributed by atoms with Crippen LogP contribution in [0.5, 0.6) is 0 Å². The van der Waals surface area contributed by atoms with E-state index in [-0.39, 0.29) is 5.97 Å². The second kappa shape index (κ2) is 5.74. The maximum Gasteiger partial charge on any atom is 0.306 e. The van der Waals surface area contributed by atoms with Gasteiger partial charge >= 0.3 is 5.97 Å². The molecule has 1 unspecified atom stereocenters. The molecule has 1 aliphatic rings. The molecular weight excluding hydrogens is 292 g/mol. The van der Waals surface area contributed by atoms with Gasteiger partial charge in [-0.25, -0.2) is 0 Å². The summed E-state index contributed by atoms with van der Waals surface area (Å²) in [6, 6.07) is 6.12. The van der Waals surface area contributed by atoms with E-state index in [1.807, 2.05) is 19.1 Å². The van der Waals surface area contributed by atoms with Gasteiger partial charge < -0.3 is 4.74 Å². The number of hydrogen-bond acceptors (Lipinski definition) is 3. The molecule has 0 aliphatic heterocycles. The Bertz CT molecular complexity index is 647. The zero-order chi connectivity index (χ0) is 14.1. The van der Waals surface area contributed by atoms with E-state index in [9.17, 15) is 4.79 Å². The van der Waals surface area contributed by atoms with Crippen molar-refractivity contribution in [2.45, 2.75) is 32.6 Å². The van der Waals surface area contributed by atoms with E-state index >= 15 is 0 Å². The molecule has 0 spiro atoms. The number of esters is 1. The SMILES string of the molecule is CCOC(=O)CC1CCc2c(sc3c(Cl)cccc23)C1. The van der Waals surface area contributed by atoms with Gasteiger partial charge in [0, 0.05) is 11.3 Å². The van der Waals surface area contributed by atoms with Crippen molar-refractivity contribution in [3.05, 3.63) is 33.7 Å². The van der Waals surface area contributed by atoms with Gasteiger partial charge in [0.25, 0.3) is 0 Å². The lowest BCUT2D eigenvalue weighted by molar-refractivity contribution is -0.144. The van der Waals surface area contributed by atoms with Crippen molar-refractivity contribution >= 4 is 39.0 Å². The molecule has 1 aromatic carbocycles. The Kier molecular flexibility index (Phi) is 3.99. The molecular formula is C16H17ClO2S. The van der Waals surface area contributed by atoms with Gasteiger partial charge in [-0.15, -0.1) is 11.3 Å². The van der Waals surface area contributed by atoms with Crippen molar-refractivity contribution in [1.29, 1.82) is 0 Å². The summed E-state index contributed by atoms with van der Waals surface area (Å²) in [6.07, 6.45) is 3.61. The molecule has 1 aromatic heterocycles. The Morgan fingerprint density at radius 1 is 1.50 bits per heavy atom. The third-order valence-corrected chi connectivity index (χ3v) is 5.62. The van der Waals surface area contributed by atoms with Crippen LogP contribution in [-0.2, 0) is 22.4 Å². The van der Waals surface area contributed by atoms with E-state index in [2.05, 4.69) is 6.07 Å². The second-order valence-electron chi connectivity index (χ2n) is 5.24. The van der Waals surface area contributed by atoms with Crippen LogP contribution in [0.15, 0.2) is 18.2 Å². The molecule has 106 valence electrons. The zero-order valence-electron chi connectivity index (χ0n) is 11.4. The Balaban J connectivity index is 1.83. The summed E-state index contributed by atoms with van der Waals surface area (Å²) in [5.74, 6) is 0.341. The summed E-state index contributed by atoms with van der Waals surface area (Å²) in [4.78, 5) is 13.0. The highest BCUT2D eigenvalue weighted by Crippen LogP contribution is 2.41. The van der Waals surface area contributed by atoms with Gasteiger partial charge in [0.2, 0.25) is 0 Å². The summed E-state index contributed by atoms with van der Waals surface area (Å²) in [6.45, 7) is 2.32. The summed E-state index contributed by atoms with van der Waals surface area (Å²) in [5.41, 5.74) is 1.44. The Labute approximate surface area is 127 Å². The van der Waals surface area contributed by atoms with Crippen molar-refractivity contribution in [2.75, 3.05) is 6.61 Å². The maximum atomic E-state index is 11.6. The van der Waals surface area contributed by atoms with Crippen LogP contribution >= 0.6 is 22.9 Å². The smallest absolute Gasteiger partial charge is 0.306 e. The number of halogens is 1. The Morgan fingerprint density at radius 2 is 2.35 bits per heavy atom. The molecule has 2 nitrogen and oxygen atoms in total. The number of ether oxygens (including phenoxy) is 1. The van der Waals surface area contributed by atoms with Gasteiger partial charge in [-0.05, 0) is 49.1 Å². The molecule has 4 heteroatoms. The summed E-state index contributed by atoms with van der Waals surface area (Å²) in [5, 5.41) is 2.14. The molecule has 0 bridgehead atoms. The predicted octanol–water partition coefficient (Wildman–Crippen LogP) is 4.61. The van der Waals surface area contributed by atoms with Crippen LogP contribution in [0.4, 0.5) is 0 Å². The van der Waals surface area contributed by atoms with E-state index in [4.69, 9.17) is 16.3 Å². The number of rotatable bonds is 3. The first-order valence-electron chi connectivity index (χ1n) is 7.03. The average Bonchev–Trinajstić information content (AvgIpc) is 2.78. The van der Waals surface area contributed by atoms with Crippen molar-refractivity contribution in [3.63, 3.8) is 0 Å². The molecule has 1 heterocycles. The summed E-state index contributed by atoms with van der Waals surface area (Å²) >= 11 is 8.06. The van der Waals surface area contributed by atoms with E-state index in [1.54, 1.807) is 11.3 Å². The van der Waals surface area contributed by atoms with Crippen LogP contribution in [0.3, 0.4) is 0 Å². The molecule has 2 aromatic rings. The number of aryl methyl sites for hydroxylation is 1. The monoisotopic (exact) mass is 308 g/mol. The largest absolute Gasteiger partial charge is 0.466 e. The molecule has 20 heavy (non-hydrogen) atoms. The lowest BCUT2D eigenvalue weighted by Crippen LogP contribution is -2.17. The van der Waals surface area contributed by atoms with Gasteiger partial charge in [0.05, 0.1) is 16.3 Å². The van der Waals surface area contributed by atoms with Crippen LogP contribution in [-0.4, -0.2) is 12.6 Å². The number of carbonyl (C=O) groups is 1. The Hall–Kier alpha value is -1.06. The number of carbonyl (C=O) groups excluding carboxylic acids is 1. The number of hydrogen-bond donors (Lipinski definition) is 0. The fourth-order valence-corrected chi connectivity index (χ4v) is 4.62. The van der Waals surface area contributed by atoms with Gasteiger partial charge in [-0.2, -0.15) is 0 Å². The van der Waals surface area contributed by atoms with Crippen LogP contribution in [0, 0.1) is 5.92 Å². The van der Waals surface area contributed by atoms with E-state index in [0.717, 1.165) is 24.3 Å². The van der Waals surface area contributed by atoms with Gasteiger partial charge in [-0.3, -0.25) is 4.79 Å². The lowest BCUT2D eigenvalue weighted by atomic mass is 9.85. The average molecular weight is 309 g/mol. The number of benzene rings is 1. The maximum absolute atomic E-state index is 11.6. The quantitative estimate of drug-likeness (QED) is 0.774. The highest BCUT2D eigenvalue weighted by Gasteiger charge is 2.25. The van der Waals surface area contributed by atoms with Gasteiger partial charge in [0.15, 0.2) is 0 Å². The lowest BCUT2D eigenvalue weighted by Gasteiger charge is -2.21. The zero-order valence-corrected chi connectivity index (χ0v) is 13.0. The highest BCUT2D eigenvalue weighted by atomic mass is 35.5. The van der Waals surface area contributed by atoms with Crippen LogP contribution in [0.2, 0.25) is 5.02 Å². The second-order valence-corrected chi connectivity index (χ2v) is 6.75. The van der Waals surface area contributed by atoms with Crippen molar-refractivity contribution < 1.29 is 9.53 Å². The molecule has 0 saturated heterocycles. The van der Waals surface area contributed by atoms with Gasteiger partial charge in [-0.1, -0.05) is 23.7 Å². The molecule has 1 aliphatic carbocycles. The van der Waals surface area contributed by atoms with Gasteiger partial charge in [0.1, 0.15) is 0 Å². The predicted molar refractivity (Wildman–Crippen MR) is 83.6 cm³/mol. The first kappa shape index (κ1) is 13.9. The molecule has 0 saturated carbocycles. The molecule has 1 atom stereocenters. The molecule has 3 rings (SSSR count). The van der Waals surface area contributed by atoms with Crippen molar-refractivity contribution in [2.24, 2.45) is 5.92 Å². The fraction of sp³-hybridized carbons (Fsp3) is 0.438. The Morgan fingerprint density at radius 3 is 3.15 bits per heavy atom. The third kappa shape index (κ3) is 2.57. The first-order valence-corrected chi connectivity index (χ1v) is 8.23. The first-order chi connectivity index (χ1) is 9.69. The van der Waals surface area contributed by atoms with Crippen LogP contribution < -0.4 is 0 Å². The standard InChI is InChI=1S/C16H17ClO2S/c1-2-19-15(18)9-10-6-7-11-12-4-3-5-13(17)16(12)20-14(11)8-10/h3-5,10H,2,6-9H2,1H3. The minimum absolute atomic E-state index is 0.0694. The molecule has 0 radical (unpaired) electrons. The highest BCUT2D eigenvalue weighted by molar-refractivity contribution is 7.20. The molecule has 0 amide bonds. The van der Waals surface area contributed by atoms with E-state index < -0.39 is 0 Å². The number of thiophene rings is 1. The topological polar surface area (TPSA) is 26.3 Å².